The van der Waals surface area contributed by atoms with Crippen molar-refractivity contribution in [2.75, 3.05) is 26.2 Å². The second kappa shape index (κ2) is 5.78. The zero-order valence-corrected chi connectivity index (χ0v) is 13.7. The molecule has 0 aromatic carbocycles. The van der Waals surface area contributed by atoms with Gasteiger partial charge in [0.1, 0.15) is 0 Å². The molecule has 0 aliphatic carbocycles. The Kier molecular flexibility index (Phi) is 4.45. The van der Waals surface area contributed by atoms with Crippen LogP contribution < -0.4 is 0 Å². The largest absolute Gasteiger partial charge is 0.342 e. The number of hydrogen-bond donors (Lipinski definition) is 0. The van der Waals surface area contributed by atoms with E-state index in [1.807, 2.05) is 0 Å². The van der Waals surface area contributed by atoms with Crippen molar-refractivity contribution in [3.8, 4) is 0 Å². The highest BCUT2D eigenvalue weighted by Crippen LogP contribution is 2.23. The molecule has 1 aliphatic heterocycles. The van der Waals surface area contributed by atoms with Gasteiger partial charge < -0.3 is 4.90 Å². The molecule has 1 aromatic heterocycles. The van der Waals surface area contributed by atoms with Crippen molar-refractivity contribution in [3.63, 3.8) is 0 Å². The van der Waals surface area contributed by atoms with E-state index >= 15 is 0 Å². The predicted molar refractivity (Wildman–Crippen MR) is 74.3 cm³/mol. The van der Waals surface area contributed by atoms with Gasteiger partial charge in [0.15, 0.2) is 4.60 Å². The highest BCUT2D eigenvalue weighted by molar-refractivity contribution is 9.10. The number of rotatable bonds is 2. The second-order valence-corrected chi connectivity index (χ2v) is 7.18. The number of hydrogen-bond acceptors (Lipinski definition) is 5. The minimum absolute atomic E-state index is 0.0346. The van der Waals surface area contributed by atoms with E-state index in [4.69, 9.17) is 0 Å². The molecule has 1 aliphatic rings. The molecule has 2 heterocycles. The van der Waals surface area contributed by atoms with Crippen LogP contribution in [0.25, 0.3) is 0 Å². The van der Waals surface area contributed by atoms with Crippen LogP contribution in [0.3, 0.4) is 0 Å². The van der Waals surface area contributed by atoms with Crippen LogP contribution in [0.4, 0.5) is 0 Å². The van der Waals surface area contributed by atoms with Crippen LogP contribution in [-0.2, 0) is 21.9 Å². The van der Waals surface area contributed by atoms with E-state index in [-0.39, 0.29) is 22.1 Å². The van der Waals surface area contributed by atoms with E-state index in [2.05, 4.69) is 26.2 Å². The highest BCUT2D eigenvalue weighted by Gasteiger charge is 2.32. The molecule has 1 amide bonds. The molecule has 2 rings (SSSR count). The summed E-state index contributed by atoms with van der Waals surface area (Å²) in [5.74, 6) is -0.0346. The highest BCUT2D eigenvalue weighted by atomic mass is 79.9. The third-order valence-electron chi connectivity index (χ3n) is 3.22. The molecule has 8 nitrogen and oxygen atoms in total. The van der Waals surface area contributed by atoms with Crippen LogP contribution in [0, 0.1) is 0 Å². The van der Waals surface area contributed by atoms with Crippen molar-refractivity contribution >= 4 is 31.9 Å². The third-order valence-corrected chi connectivity index (χ3v) is 6.01. The number of carbonyl (C=O) groups excluding carboxylic acids is 1. The van der Waals surface area contributed by atoms with Crippen molar-refractivity contribution < 1.29 is 13.2 Å². The number of halogens is 1. The molecule has 112 valence electrons. The van der Waals surface area contributed by atoms with Gasteiger partial charge in [-0.2, -0.15) is 4.31 Å². The Morgan fingerprint density at radius 1 is 1.25 bits per heavy atom. The van der Waals surface area contributed by atoms with E-state index in [0.29, 0.717) is 26.1 Å². The lowest BCUT2D eigenvalue weighted by Crippen LogP contribution is -2.37. The molecule has 0 saturated carbocycles. The molecule has 0 unspecified atom stereocenters. The summed E-state index contributed by atoms with van der Waals surface area (Å²) in [5, 5.41) is 7.43. The molecule has 1 aromatic rings. The van der Waals surface area contributed by atoms with Crippen LogP contribution >= 0.6 is 15.9 Å². The molecular weight excluding hydrogens is 350 g/mol. The first-order chi connectivity index (χ1) is 9.34. The monoisotopic (exact) mass is 365 g/mol. The molecule has 0 bridgehead atoms. The van der Waals surface area contributed by atoms with Crippen molar-refractivity contribution in [1.82, 2.24) is 24.2 Å². The van der Waals surface area contributed by atoms with Gasteiger partial charge in [0, 0.05) is 40.2 Å². The Morgan fingerprint density at radius 2 is 1.95 bits per heavy atom. The van der Waals surface area contributed by atoms with Crippen LogP contribution in [0.15, 0.2) is 9.63 Å². The fourth-order valence-corrected chi connectivity index (χ4v) is 4.67. The zero-order chi connectivity index (χ0) is 14.9. The van der Waals surface area contributed by atoms with E-state index in [1.54, 1.807) is 4.90 Å². The number of aromatic nitrogens is 3. The van der Waals surface area contributed by atoms with Gasteiger partial charge in [-0.05, 0) is 22.4 Å². The van der Waals surface area contributed by atoms with Crippen LogP contribution in [-0.4, -0.2) is 64.7 Å². The van der Waals surface area contributed by atoms with E-state index < -0.39 is 10.0 Å². The maximum absolute atomic E-state index is 12.6. The van der Waals surface area contributed by atoms with Crippen LogP contribution in [0.2, 0.25) is 0 Å². The topological polar surface area (TPSA) is 88.4 Å². The Morgan fingerprint density at radius 3 is 2.50 bits per heavy atom. The third kappa shape index (κ3) is 2.86. The minimum Gasteiger partial charge on any atom is -0.342 e. The summed E-state index contributed by atoms with van der Waals surface area (Å²) in [6, 6.07) is 0. The standard InChI is InChI=1S/C10H16BrN5O3S/c1-8(17)15-4-3-5-16(7-6-15)20(18,19)10-9(11)12-13-14(10)2/h3-7H2,1-2H3. The Bertz CT molecular complexity index is 595. The first-order valence-corrected chi connectivity index (χ1v) is 8.38. The summed E-state index contributed by atoms with van der Waals surface area (Å²) in [4.78, 5) is 13.0. The molecule has 0 spiro atoms. The average Bonchev–Trinajstić information content (AvgIpc) is 2.60. The molecule has 0 radical (unpaired) electrons. The van der Waals surface area contributed by atoms with Gasteiger partial charge in [0.05, 0.1) is 0 Å². The second-order valence-electron chi connectivity index (χ2n) is 4.57. The number of amides is 1. The molecule has 0 N–H and O–H groups in total. The molecule has 0 atom stereocenters. The minimum atomic E-state index is -3.67. The lowest BCUT2D eigenvalue weighted by atomic mass is 10.4. The van der Waals surface area contributed by atoms with E-state index in [1.165, 1.54) is 23.0 Å². The zero-order valence-electron chi connectivity index (χ0n) is 11.3. The summed E-state index contributed by atoms with van der Waals surface area (Å²) in [5.41, 5.74) is 0. The number of aryl methyl sites for hydroxylation is 1. The predicted octanol–water partition coefficient (Wildman–Crippen LogP) is -0.179. The summed E-state index contributed by atoms with van der Waals surface area (Å²) in [6.07, 6.45) is 0.613. The summed E-state index contributed by atoms with van der Waals surface area (Å²) in [6.45, 7) is 3.12. The van der Waals surface area contributed by atoms with Gasteiger partial charge in [-0.1, -0.05) is 5.21 Å². The quantitative estimate of drug-likeness (QED) is 0.725. The molecule has 20 heavy (non-hydrogen) atoms. The SMILES string of the molecule is CC(=O)N1CCCN(S(=O)(=O)c2c(Br)nnn2C)CC1. The van der Waals surface area contributed by atoms with Gasteiger partial charge in [-0.15, -0.1) is 5.10 Å². The van der Waals surface area contributed by atoms with Gasteiger partial charge in [0.2, 0.25) is 10.9 Å². The maximum Gasteiger partial charge on any atom is 0.263 e. The van der Waals surface area contributed by atoms with Gasteiger partial charge in [-0.25, -0.2) is 13.1 Å². The van der Waals surface area contributed by atoms with Crippen molar-refractivity contribution in [2.45, 2.75) is 18.4 Å². The first kappa shape index (κ1) is 15.4. The van der Waals surface area contributed by atoms with E-state index in [0.717, 1.165) is 0 Å². The van der Waals surface area contributed by atoms with Crippen LogP contribution in [0.1, 0.15) is 13.3 Å². The van der Waals surface area contributed by atoms with Crippen molar-refractivity contribution in [3.05, 3.63) is 4.60 Å². The summed E-state index contributed by atoms with van der Waals surface area (Å²) < 4.78 is 28.0. The Balaban J connectivity index is 2.25. The Hall–Kier alpha value is -1.00. The van der Waals surface area contributed by atoms with Crippen molar-refractivity contribution in [2.24, 2.45) is 7.05 Å². The Labute approximate surface area is 125 Å². The lowest BCUT2D eigenvalue weighted by molar-refractivity contribution is -0.128. The van der Waals surface area contributed by atoms with Gasteiger partial charge >= 0.3 is 0 Å². The molecular formula is C10H16BrN5O3S. The fourth-order valence-electron chi connectivity index (χ4n) is 2.17. The van der Waals surface area contributed by atoms with Gasteiger partial charge in [-0.3, -0.25) is 4.79 Å². The van der Waals surface area contributed by atoms with E-state index in [9.17, 15) is 13.2 Å². The number of carbonyl (C=O) groups is 1. The summed E-state index contributed by atoms with van der Waals surface area (Å²) in [7, 11) is -2.13. The number of nitrogens with zero attached hydrogens (tertiary/aromatic N) is 5. The smallest absolute Gasteiger partial charge is 0.263 e. The number of sulfonamides is 1. The van der Waals surface area contributed by atoms with Crippen LogP contribution in [0.5, 0.6) is 0 Å². The normalized spacial score (nSPS) is 18.1. The maximum atomic E-state index is 12.6. The van der Waals surface area contributed by atoms with Gasteiger partial charge in [0.25, 0.3) is 10.0 Å². The molecule has 10 heteroatoms. The average molecular weight is 366 g/mol. The molecule has 1 saturated heterocycles. The fraction of sp³-hybridized carbons (Fsp3) is 0.700. The lowest BCUT2D eigenvalue weighted by Gasteiger charge is -2.20. The first-order valence-electron chi connectivity index (χ1n) is 6.15. The summed E-state index contributed by atoms with van der Waals surface area (Å²) >= 11 is 3.11. The molecule has 1 fully saturated rings. The van der Waals surface area contributed by atoms with Crippen molar-refractivity contribution in [1.29, 1.82) is 0 Å².